The maximum atomic E-state index is 14.0. The quantitative estimate of drug-likeness (QED) is 0.252. The van der Waals surface area contributed by atoms with Crippen molar-refractivity contribution in [1.82, 2.24) is 10.2 Å². The van der Waals surface area contributed by atoms with Crippen LogP contribution in [0, 0.1) is 13.8 Å². The van der Waals surface area contributed by atoms with Gasteiger partial charge in [0.25, 0.3) is 10.0 Å². The van der Waals surface area contributed by atoms with Gasteiger partial charge in [0.15, 0.2) is 0 Å². The van der Waals surface area contributed by atoms with Crippen LogP contribution < -0.4 is 9.62 Å². The molecule has 0 radical (unpaired) electrons. The van der Waals surface area contributed by atoms with Gasteiger partial charge in [-0.25, -0.2) is 8.42 Å². The third-order valence-corrected chi connectivity index (χ3v) is 9.19. The zero-order chi connectivity index (χ0) is 29.4. The molecule has 0 aliphatic carbocycles. The van der Waals surface area contributed by atoms with E-state index in [0.29, 0.717) is 22.2 Å². The van der Waals surface area contributed by atoms with Crippen molar-refractivity contribution in [3.8, 4) is 0 Å². The molecule has 7 nitrogen and oxygen atoms in total. The van der Waals surface area contributed by atoms with E-state index in [9.17, 15) is 18.0 Å². The van der Waals surface area contributed by atoms with Crippen molar-refractivity contribution in [2.75, 3.05) is 17.4 Å². The van der Waals surface area contributed by atoms with Crippen LogP contribution in [0.15, 0.2) is 71.6 Å². The van der Waals surface area contributed by atoms with E-state index < -0.39 is 28.5 Å². The van der Waals surface area contributed by atoms with Crippen LogP contribution in [0.3, 0.4) is 0 Å². The van der Waals surface area contributed by atoms with E-state index >= 15 is 0 Å². The number of nitrogens with zero attached hydrogens (tertiary/aromatic N) is 2. The molecular weight excluding hydrogens is 569 g/mol. The summed E-state index contributed by atoms with van der Waals surface area (Å²) in [6, 6.07) is 17.4. The number of anilines is 1. The number of rotatable bonds is 12. The summed E-state index contributed by atoms with van der Waals surface area (Å²) in [7, 11) is -4.17. The minimum absolute atomic E-state index is 0.0218. The Morgan fingerprint density at radius 3 is 2.25 bits per heavy atom. The lowest BCUT2D eigenvalue weighted by molar-refractivity contribution is -0.139. The lowest BCUT2D eigenvalue weighted by atomic mass is 10.1. The first-order valence-electron chi connectivity index (χ1n) is 13.1. The first-order valence-corrected chi connectivity index (χ1v) is 15.3. The Hall–Kier alpha value is -3.07. The van der Waals surface area contributed by atoms with Crippen LogP contribution in [0.5, 0.6) is 0 Å². The van der Waals surface area contributed by atoms with Crippen LogP contribution in [0.25, 0.3) is 0 Å². The molecule has 1 N–H and O–H groups in total. The fourth-order valence-corrected chi connectivity index (χ4v) is 5.81. The van der Waals surface area contributed by atoms with Crippen LogP contribution >= 0.6 is 23.2 Å². The van der Waals surface area contributed by atoms with Crippen molar-refractivity contribution >= 4 is 50.7 Å². The van der Waals surface area contributed by atoms with Crippen molar-refractivity contribution in [3.63, 3.8) is 0 Å². The zero-order valence-corrected chi connectivity index (χ0v) is 25.5. The Morgan fingerprint density at radius 2 is 1.62 bits per heavy atom. The highest BCUT2D eigenvalue weighted by Gasteiger charge is 2.33. The maximum absolute atomic E-state index is 14.0. The summed E-state index contributed by atoms with van der Waals surface area (Å²) < 4.78 is 28.8. The molecular formula is C30H35Cl2N3O4S. The summed E-state index contributed by atoms with van der Waals surface area (Å²) in [5.74, 6) is -0.898. The third kappa shape index (κ3) is 7.77. The first-order chi connectivity index (χ1) is 18.9. The van der Waals surface area contributed by atoms with Crippen LogP contribution in [0.2, 0.25) is 10.0 Å². The van der Waals surface area contributed by atoms with Gasteiger partial charge in [-0.05, 0) is 68.7 Å². The second-order valence-electron chi connectivity index (χ2n) is 9.69. The van der Waals surface area contributed by atoms with Gasteiger partial charge in [-0.2, -0.15) is 0 Å². The van der Waals surface area contributed by atoms with Crippen molar-refractivity contribution < 1.29 is 18.0 Å². The van der Waals surface area contributed by atoms with Gasteiger partial charge in [0.2, 0.25) is 11.8 Å². The van der Waals surface area contributed by atoms with Crippen LogP contribution in [0.1, 0.15) is 43.4 Å². The van der Waals surface area contributed by atoms with Crippen molar-refractivity contribution in [2.45, 2.75) is 58.0 Å². The van der Waals surface area contributed by atoms with Crippen LogP contribution in [0.4, 0.5) is 5.69 Å². The predicted molar refractivity (Wildman–Crippen MR) is 161 cm³/mol. The third-order valence-electron chi connectivity index (χ3n) is 6.63. The average Bonchev–Trinajstić information content (AvgIpc) is 2.92. The number of unbranched alkanes of at least 4 members (excludes halogenated alkanes) is 1. The molecule has 0 aromatic heterocycles. The minimum atomic E-state index is -4.17. The number of amides is 2. The molecule has 3 aromatic carbocycles. The number of carbonyl (C=O) groups excluding carboxylic acids is 2. The molecule has 1 unspecified atom stereocenters. The van der Waals surface area contributed by atoms with Gasteiger partial charge in [-0.15, -0.1) is 0 Å². The second kappa shape index (κ2) is 14.0. The lowest BCUT2D eigenvalue weighted by Gasteiger charge is -2.32. The van der Waals surface area contributed by atoms with Crippen LogP contribution in [-0.4, -0.2) is 44.3 Å². The minimum Gasteiger partial charge on any atom is -0.354 e. The summed E-state index contributed by atoms with van der Waals surface area (Å²) >= 11 is 12.8. The van der Waals surface area contributed by atoms with Gasteiger partial charge in [-0.3, -0.25) is 13.9 Å². The van der Waals surface area contributed by atoms with E-state index in [4.69, 9.17) is 23.2 Å². The molecule has 40 heavy (non-hydrogen) atoms. The Balaban J connectivity index is 2.03. The molecule has 1 atom stereocenters. The van der Waals surface area contributed by atoms with Gasteiger partial charge in [0.1, 0.15) is 12.6 Å². The lowest BCUT2D eigenvalue weighted by Crippen LogP contribution is -2.51. The van der Waals surface area contributed by atoms with Gasteiger partial charge >= 0.3 is 0 Å². The highest BCUT2D eigenvalue weighted by molar-refractivity contribution is 7.92. The van der Waals surface area contributed by atoms with E-state index in [1.54, 1.807) is 62.4 Å². The number of carbonyl (C=O) groups is 2. The number of sulfonamides is 1. The predicted octanol–water partition coefficient (Wildman–Crippen LogP) is 6.14. The Morgan fingerprint density at radius 1 is 0.950 bits per heavy atom. The molecule has 214 valence electrons. The monoisotopic (exact) mass is 603 g/mol. The van der Waals surface area contributed by atoms with E-state index in [1.807, 2.05) is 13.8 Å². The molecule has 0 aliphatic rings. The molecule has 3 aromatic rings. The summed E-state index contributed by atoms with van der Waals surface area (Å²) in [4.78, 5) is 28.4. The number of aryl methyl sites for hydroxylation is 2. The molecule has 0 saturated carbocycles. The topological polar surface area (TPSA) is 86.8 Å². The first kappa shape index (κ1) is 31.5. The highest BCUT2D eigenvalue weighted by atomic mass is 35.5. The highest BCUT2D eigenvalue weighted by Crippen LogP contribution is 2.29. The summed E-state index contributed by atoms with van der Waals surface area (Å²) in [5.41, 5.74) is 2.54. The van der Waals surface area contributed by atoms with E-state index in [-0.39, 0.29) is 23.0 Å². The Labute approximate surface area is 247 Å². The van der Waals surface area contributed by atoms with Crippen molar-refractivity contribution in [3.05, 3.63) is 93.5 Å². The molecule has 0 fully saturated rings. The van der Waals surface area contributed by atoms with Crippen molar-refractivity contribution in [1.29, 1.82) is 0 Å². The average molecular weight is 605 g/mol. The standard InChI is InChI=1S/C30H35Cl2N3O4S/c1-5-6-17-33-30(37)23(4)34(19-24-9-7-8-10-27(24)31)29(36)20-35(25-14-13-22(3)28(32)18-25)40(38,39)26-15-11-21(2)12-16-26/h7-16,18,23H,5-6,17,19-20H2,1-4H3,(H,33,37). The Bertz CT molecular complexity index is 1450. The molecule has 0 heterocycles. The van der Waals surface area contributed by atoms with E-state index in [2.05, 4.69) is 5.32 Å². The summed E-state index contributed by atoms with van der Waals surface area (Å²) in [6.45, 7) is 7.25. The smallest absolute Gasteiger partial charge is 0.264 e. The molecule has 2 amide bonds. The van der Waals surface area contributed by atoms with Gasteiger partial charge in [0.05, 0.1) is 10.6 Å². The fourth-order valence-electron chi connectivity index (χ4n) is 4.03. The van der Waals surface area contributed by atoms with E-state index in [0.717, 1.165) is 28.3 Å². The summed E-state index contributed by atoms with van der Waals surface area (Å²) in [6.07, 6.45) is 1.70. The van der Waals surface area contributed by atoms with Crippen molar-refractivity contribution in [2.24, 2.45) is 0 Å². The largest absolute Gasteiger partial charge is 0.354 e. The fraction of sp³-hybridized carbons (Fsp3) is 0.333. The number of hydrogen-bond acceptors (Lipinski definition) is 4. The SMILES string of the molecule is CCCCNC(=O)C(C)N(Cc1ccccc1Cl)C(=O)CN(c1ccc(C)c(Cl)c1)S(=O)(=O)c1ccc(C)cc1. The normalized spacial score (nSPS) is 12.1. The molecule has 3 rings (SSSR count). The van der Waals surface area contributed by atoms with Gasteiger partial charge < -0.3 is 10.2 Å². The Kier molecular flexibility index (Phi) is 11.0. The second-order valence-corrected chi connectivity index (χ2v) is 12.4. The number of hydrogen-bond donors (Lipinski definition) is 1. The van der Waals surface area contributed by atoms with Gasteiger partial charge in [-0.1, -0.05) is 78.5 Å². The van der Waals surface area contributed by atoms with Crippen LogP contribution in [-0.2, 0) is 26.2 Å². The maximum Gasteiger partial charge on any atom is 0.264 e. The number of nitrogens with one attached hydrogen (secondary N) is 1. The molecule has 0 aliphatic heterocycles. The number of halogens is 2. The number of benzene rings is 3. The zero-order valence-electron chi connectivity index (χ0n) is 23.2. The molecule has 0 spiro atoms. The van der Waals surface area contributed by atoms with E-state index in [1.165, 1.54) is 23.1 Å². The molecule has 10 heteroatoms. The molecule has 0 bridgehead atoms. The summed E-state index contributed by atoms with van der Waals surface area (Å²) in [5, 5.41) is 3.67. The molecule has 0 saturated heterocycles. The van der Waals surface area contributed by atoms with Gasteiger partial charge in [0, 0.05) is 23.1 Å².